The van der Waals surface area contributed by atoms with Gasteiger partial charge in [-0.05, 0) is 12.5 Å². The van der Waals surface area contributed by atoms with E-state index in [4.69, 9.17) is 11.6 Å². The minimum atomic E-state index is -4.47. The van der Waals surface area contributed by atoms with Gasteiger partial charge in [0.25, 0.3) is 0 Å². The third kappa shape index (κ3) is 3.47. The average Bonchev–Trinajstić information content (AvgIpc) is 3.27. The van der Waals surface area contributed by atoms with E-state index in [0.29, 0.717) is 29.6 Å². The van der Waals surface area contributed by atoms with Gasteiger partial charge in [0.15, 0.2) is 5.69 Å². The zero-order valence-corrected chi connectivity index (χ0v) is 15.5. The maximum Gasteiger partial charge on any atom is 0.434 e. The van der Waals surface area contributed by atoms with E-state index in [9.17, 15) is 13.2 Å². The molecule has 0 saturated carbocycles. The summed E-state index contributed by atoms with van der Waals surface area (Å²) in [5.74, 6) is 0.295. The third-order valence-corrected chi connectivity index (χ3v) is 4.65. The van der Waals surface area contributed by atoms with Gasteiger partial charge >= 0.3 is 6.18 Å². The van der Waals surface area contributed by atoms with Gasteiger partial charge in [-0.2, -0.15) is 18.3 Å². The molecule has 1 aromatic carbocycles. The largest absolute Gasteiger partial charge is 0.434 e. The van der Waals surface area contributed by atoms with Crippen molar-refractivity contribution in [3.63, 3.8) is 0 Å². The van der Waals surface area contributed by atoms with E-state index in [2.05, 4.69) is 15.1 Å². The van der Waals surface area contributed by atoms with Crippen LogP contribution in [-0.4, -0.2) is 24.3 Å². The highest BCUT2D eigenvalue weighted by atomic mass is 35.5. The summed E-state index contributed by atoms with van der Waals surface area (Å²) in [5, 5.41) is 5.61. The average molecular weight is 406 g/mol. The van der Waals surface area contributed by atoms with Crippen LogP contribution in [0.2, 0.25) is 5.15 Å². The minimum Gasteiger partial charge on any atom is -0.331 e. The van der Waals surface area contributed by atoms with Crippen LogP contribution in [0, 0.1) is 0 Å². The van der Waals surface area contributed by atoms with Gasteiger partial charge in [0.05, 0.1) is 18.3 Å². The zero-order valence-electron chi connectivity index (χ0n) is 14.8. The van der Waals surface area contributed by atoms with Gasteiger partial charge in [-0.25, -0.2) is 9.97 Å². The number of aryl methyl sites for hydroxylation is 1. The Hall–Kier alpha value is -2.87. The maximum absolute atomic E-state index is 13.0. The fourth-order valence-electron chi connectivity index (χ4n) is 3.03. The second kappa shape index (κ2) is 6.94. The van der Waals surface area contributed by atoms with E-state index in [0.717, 1.165) is 22.7 Å². The van der Waals surface area contributed by atoms with Crippen molar-refractivity contribution in [2.75, 3.05) is 0 Å². The molecule has 3 heterocycles. The minimum absolute atomic E-state index is 0.295. The van der Waals surface area contributed by atoms with E-state index < -0.39 is 11.9 Å². The third-order valence-electron chi connectivity index (χ3n) is 4.44. The van der Waals surface area contributed by atoms with Crippen molar-refractivity contribution >= 4 is 22.5 Å². The monoisotopic (exact) mass is 405 g/mol. The van der Waals surface area contributed by atoms with Gasteiger partial charge in [-0.1, -0.05) is 35.9 Å². The SMILES string of the molecule is CCn1cc(C(F)(F)F)nc1-c1ccc(Cn2ncc3cnc(Cl)cc32)cc1. The summed E-state index contributed by atoms with van der Waals surface area (Å²) in [4.78, 5) is 7.81. The number of hydrogen-bond donors (Lipinski definition) is 0. The Morgan fingerprint density at radius 2 is 1.86 bits per heavy atom. The number of benzene rings is 1. The number of halogens is 4. The molecule has 0 aliphatic rings. The van der Waals surface area contributed by atoms with Crippen LogP contribution >= 0.6 is 11.6 Å². The molecular weight excluding hydrogens is 391 g/mol. The molecule has 0 spiro atoms. The summed E-state index contributed by atoms with van der Waals surface area (Å²) in [6.07, 6.45) is -0.0554. The first-order chi connectivity index (χ1) is 13.3. The van der Waals surface area contributed by atoms with Crippen molar-refractivity contribution in [2.24, 2.45) is 0 Å². The van der Waals surface area contributed by atoms with Crippen LogP contribution in [0.25, 0.3) is 22.3 Å². The van der Waals surface area contributed by atoms with Crippen LogP contribution in [0.3, 0.4) is 0 Å². The number of fused-ring (bicyclic) bond motifs is 1. The highest BCUT2D eigenvalue weighted by Crippen LogP contribution is 2.31. The summed E-state index contributed by atoms with van der Waals surface area (Å²) >= 11 is 5.96. The number of nitrogens with zero attached hydrogens (tertiary/aromatic N) is 5. The quantitative estimate of drug-likeness (QED) is 0.447. The number of alkyl halides is 3. The van der Waals surface area contributed by atoms with Gasteiger partial charge < -0.3 is 4.57 Å². The molecule has 0 unspecified atom stereocenters. The number of pyridine rings is 1. The molecule has 5 nitrogen and oxygen atoms in total. The first kappa shape index (κ1) is 18.5. The lowest BCUT2D eigenvalue weighted by Crippen LogP contribution is -2.05. The molecule has 0 radical (unpaired) electrons. The number of hydrogen-bond acceptors (Lipinski definition) is 3. The van der Waals surface area contributed by atoms with Crippen molar-refractivity contribution in [3.05, 3.63) is 65.3 Å². The van der Waals surface area contributed by atoms with Gasteiger partial charge in [-0.15, -0.1) is 0 Å². The Morgan fingerprint density at radius 1 is 1.11 bits per heavy atom. The summed E-state index contributed by atoms with van der Waals surface area (Å²) < 4.78 is 42.2. The molecule has 0 amide bonds. The summed E-state index contributed by atoms with van der Waals surface area (Å²) in [6, 6.07) is 8.99. The molecule has 0 aliphatic carbocycles. The van der Waals surface area contributed by atoms with Gasteiger partial charge in [0, 0.05) is 36.0 Å². The first-order valence-electron chi connectivity index (χ1n) is 8.56. The molecule has 0 fully saturated rings. The summed E-state index contributed by atoms with van der Waals surface area (Å²) in [5.41, 5.74) is 1.55. The number of imidazole rings is 1. The van der Waals surface area contributed by atoms with E-state index in [1.54, 1.807) is 42.2 Å². The highest BCUT2D eigenvalue weighted by Gasteiger charge is 2.34. The molecule has 0 atom stereocenters. The van der Waals surface area contributed by atoms with E-state index in [1.807, 2.05) is 12.1 Å². The lowest BCUT2D eigenvalue weighted by atomic mass is 10.1. The molecule has 0 N–H and O–H groups in total. The Kier molecular flexibility index (Phi) is 4.58. The molecule has 4 rings (SSSR count). The normalized spacial score (nSPS) is 12.0. The molecule has 0 aliphatic heterocycles. The lowest BCUT2D eigenvalue weighted by Gasteiger charge is -2.07. The number of aromatic nitrogens is 5. The molecule has 9 heteroatoms. The standard InChI is InChI=1S/C19H15ClF3N5/c1-2-27-11-16(19(21,22)23)26-18(27)13-5-3-12(4-6-13)10-28-15-7-17(20)24-8-14(15)9-25-28/h3-9,11H,2,10H2,1H3. The number of rotatable bonds is 4. The fourth-order valence-corrected chi connectivity index (χ4v) is 3.18. The highest BCUT2D eigenvalue weighted by molar-refractivity contribution is 6.29. The topological polar surface area (TPSA) is 48.5 Å². The van der Waals surface area contributed by atoms with E-state index in [-0.39, 0.29) is 0 Å². The van der Waals surface area contributed by atoms with Crippen molar-refractivity contribution in [3.8, 4) is 11.4 Å². The predicted molar refractivity (Wildman–Crippen MR) is 100.0 cm³/mol. The van der Waals surface area contributed by atoms with Crippen LogP contribution in [0.1, 0.15) is 18.2 Å². The van der Waals surface area contributed by atoms with Crippen LogP contribution in [0.15, 0.2) is 48.9 Å². The second-order valence-electron chi connectivity index (χ2n) is 6.30. The maximum atomic E-state index is 13.0. The summed E-state index contributed by atoms with van der Waals surface area (Å²) in [7, 11) is 0. The predicted octanol–water partition coefficient (Wildman–Crippen LogP) is 5.04. The molecule has 4 aromatic rings. The first-order valence-corrected chi connectivity index (χ1v) is 8.93. The van der Waals surface area contributed by atoms with Crippen molar-refractivity contribution in [2.45, 2.75) is 26.2 Å². The van der Waals surface area contributed by atoms with E-state index >= 15 is 0 Å². The van der Waals surface area contributed by atoms with Crippen molar-refractivity contribution in [1.29, 1.82) is 0 Å². The molecule has 3 aromatic heterocycles. The molecule has 0 saturated heterocycles. The Bertz CT molecular complexity index is 1130. The van der Waals surface area contributed by atoms with Gasteiger partial charge in [0.2, 0.25) is 0 Å². The van der Waals surface area contributed by atoms with Crippen LogP contribution in [-0.2, 0) is 19.3 Å². The molecule has 28 heavy (non-hydrogen) atoms. The molecular formula is C19H15ClF3N5. The fraction of sp³-hybridized carbons (Fsp3) is 0.211. The van der Waals surface area contributed by atoms with Crippen molar-refractivity contribution in [1.82, 2.24) is 24.3 Å². The van der Waals surface area contributed by atoms with Crippen molar-refractivity contribution < 1.29 is 13.2 Å². The summed E-state index contributed by atoms with van der Waals surface area (Å²) in [6.45, 7) is 2.68. The lowest BCUT2D eigenvalue weighted by molar-refractivity contribution is -0.140. The van der Waals surface area contributed by atoms with Crippen LogP contribution in [0.5, 0.6) is 0 Å². The Labute approximate surface area is 163 Å². The second-order valence-corrected chi connectivity index (χ2v) is 6.69. The molecule has 0 bridgehead atoms. The van der Waals surface area contributed by atoms with Gasteiger partial charge in [-0.3, -0.25) is 4.68 Å². The van der Waals surface area contributed by atoms with Crippen LogP contribution in [0.4, 0.5) is 13.2 Å². The molecule has 144 valence electrons. The Balaban J connectivity index is 1.62. The Morgan fingerprint density at radius 3 is 2.54 bits per heavy atom. The smallest absolute Gasteiger partial charge is 0.331 e. The van der Waals surface area contributed by atoms with Gasteiger partial charge in [0.1, 0.15) is 11.0 Å². The van der Waals surface area contributed by atoms with Crippen LogP contribution < -0.4 is 0 Å². The van der Waals surface area contributed by atoms with E-state index in [1.165, 1.54) is 4.57 Å². The zero-order chi connectivity index (χ0) is 19.9.